The molecule has 1 aromatic carbocycles. The fourth-order valence-electron chi connectivity index (χ4n) is 0.741. The van der Waals surface area contributed by atoms with E-state index in [1.165, 1.54) is 11.5 Å². The minimum atomic E-state index is -0.849. The molecule has 6 heteroatoms. The van der Waals surface area contributed by atoms with E-state index in [1.54, 1.807) is 0 Å². The lowest BCUT2D eigenvalue weighted by atomic mass is 10.3. The summed E-state index contributed by atoms with van der Waals surface area (Å²) in [5, 5.41) is 8.23. The molecular weight excluding hydrogens is 180 g/mol. The van der Waals surface area contributed by atoms with E-state index in [-0.39, 0.29) is 0 Å². The molecular formula is C7H7F2N3O. The Balaban J connectivity index is 3.14. The number of para-hydroxylation sites is 1. The SMILES string of the molecule is NC(=Nc1c(F)cccc1F)NO. The van der Waals surface area contributed by atoms with E-state index in [0.717, 1.165) is 12.1 Å². The number of guanidine groups is 1. The summed E-state index contributed by atoms with van der Waals surface area (Å²) < 4.78 is 25.7. The van der Waals surface area contributed by atoms with Crippen molar-refractivity contribution in [1.29, 1.82) is 0 Å². The molecule has 0 saturated carbocycles. The minimum Gasteiger partial charge on any atom is -0.368 e. The molecule has 4 nitrogen and oxygen atoms in total. The summed E-state index contributed by atoms with van der Waals surface area (Å²) in [5.41, 5.74) is 5.92. The van der Waals surface area contributed by atoms with E-state index in [2.05, 4.69) is 4.99 Å². The zero-order valence-corrected chi connectivity index (χ0v) is 6.46. The Bertz CT molecular complexity index is 320. The molecule has 0 radical (unpaired) electrons. The van der Waals surface area contributed by atoms with Crippen molar-refractivity contribution in [2.75, 3.05) is 0 Å². The summed E-state index contributed by atoms with van der Waals surface area (Å²) in [6.07, 6.45) is 0. The van der Waals surface area contributed by atoms with Gasteiger partial charge in [0.2, 0.25) is 5.96 Å². The molecule has 0 heterocycles. The molecule has 0 aliphatic rings. The van der Waals surface area contributed by atoms with Gasteiger partial charge in [0, 0.05) is 0 Å². The molecule has 0 unspecified atom stereocenters. The predicted molar refractivity (Wildman–Crippen MR) is 42.6 cm³/mol. The lowest BCUT2D eigenvalue weighted by Crippen LogP contribution is -2.27. The van der Waals surface area contributed by atoms with Crippen LogP contribution in [0.15, 0.2) is 23.2 Å². The summed E-state index contributed by atoms with van der Waals surface area (Å²) in [5.74, 6) is -2.18. The molecule has 1 rings (SSSR count). The Hall–Kier alpha value is -1.69. The van der Waals surface area contributed by atoms with Crippen molar-refractivity contribution < 1.29 is 14.0 Å². The van der Waals surface area contributed by atoms with E-state index >= 15 is 0 Å². The summed E-state index contributed by atoms with van der Waals surface area (Å²) in [6, 6.07) is 3.27. The second-order valence-electron chi connectivity index (χ2n) is 2.18. The quantitative estimate of drug-likeness (QED) is 0.347. The van der Waals surface area contributed by atoms with Crippen LogP contribution < -0.4 is 11.2 Å². The van der Waals surface area contributed by atoms with Crippen LogP contribution in [0.25, 0.3) is 0 Å². The molecule has 0 aliphatic carbocycles. The molecule has 70 valence electrons. The van der Waals surface area contributed by atoms with Crippen LogP contribution in [0.1, 0.15) is 0 Å². The Kier molecular flexibility index (Phi) is 2.76. The lowest BCUT2D eigenvalue weighted by Gasteiger charge is -2.00. The van der Waals surface area contributed by atoms with Gasteiger partial charge in [0.1, 0.15) is 5.69 Å². The third-order valence-corrected chi connectivity index (χ3v) is 1.28. The van der Waals surface area contributed by atoms with Crippen LogP contribution in [0.3, 0.4) is 0 Å². The molecule has 0 fully saturated rings. The molecule has 0 saturated heterocycles. The highest BCUT2D eigenvalue weighted by Crippen LogP contribution is 2.20. The van der Waals surface area contributed by atoms with Crippen LogP contribution >= 0.6 is 0 Å². The third kappa shape index (κ3) is 2.12. The van der Waals surface area contributed by atoms with E-state index in [4.69, 9.17) is 10.9 Å². The average Bonchev–Trinajstić information content (AvgIpc) is 2.11. The first-order chi connectivity index (χ1) is 6.15. The number of rotatable bonds is 1. The number of halogens is 2. The van der Waals surface area contributed by atoms with Gasteiger partial charge in [-0.25, -0.2) is 19.3 Å². The van der Waals surface area contributed by atoms with Crippen molar-refractivity contribution >= 4 is 11.6 Å². The van der Waals surface area contributed by atoms with Crippen LogP contribution in [0.2, 0.25) is 0 Å². The van der Waals surface area contributed by atoms with Gasteiger partial charge in [0.15, 0.2) is 11.6 Å². The molecule has 1 aromatic rings. The second kappa shape index (κ2) is 3.81. The van der Waals surface area contributed by atoms with Gasteiger partial charge in [0.25, 0.3) is 0 Å². The Morgan fingerprint density at radius 3 is 2.38 bits per heavy atom. The molecule has 0 aromatic heterocycles. The number of nitrogens with one attached hydrogen (secondary N) is 1. The summed E-state index contributed by atoms with van der Waals surface area (Å²) >= 11 is 0. The molecule has 0 spiro atoms. The second-order valence-corrected chi connectivity index (χ2v) is 2.18. The normalized spacial score (nSPS) is 11.5. The number of nitrogens with zero attached hydrogens (tertiary/aromatic N) is 1. The van der Waals surface area contributed by atoms with Crippen molar-refractivity contribution in [2.24, 2.45) is 10.7 Å². The van der Waals surface area contributed by atoms with Gasteiger partial charge in [0.05, 0.1) is 0 Å². The highest BCUT2D eigenvalue weighted by molar-refractivity contribution is 5.79. The van der Waals surface area contributed by atoms with E-state index in [9.17, 15) is 8.78 Å². The number of nitrogens with two attached hydrogens (primary N) is 1. The zero-order chi connectivity index (χ0) is 9.84. The first-order valence-corrected chi connectivity index (χ1v) is 3.33. The number of benzene rings is 1. The fraction of sp³-hybridized carbons (Fsp3) is 0. The van der Waals surface area contributed by atoms with E-state index < -0.39 is 23.3 Å². The average molecular weight is 187 g/mol. The number of hydrogen-bond donors (Lipinski definition) is 3. The van der Waals surface area contributed by atoms with Gasteiger partial charge in [-0.2, -0.15) is 0 Å². The molecule has 4 N–H and O–H groups in total. The molecule has 0 aliphatic heterocycles. The highest BCUT2D eigenvalue weighted by Gasteiger charge is 2.06. The predicted octanol–water partition coefficient (Wildman–Crippen LogP) is 0.890. The van der Waals surface area contributed by atoms with E-state index in [0.29, 0.717) is 0 Å². The van der Waals surface area contributed by atoms with Crippen LogP contribution in [0, 0.1) is 11.6 Å². The number of hydrogen-bond acceptors (Lipinski definition) is 2. The van der Waals surface area contributed by atoms with Gasteiger partial charge in [-0.1, -0.05) is 6.07 Å². The van der Waals surface area contributed by atoms with Gasteiger partial charge < -0.3 is 5.73 Å². The monoisotopic (exact) mass is 187 g/mol. The van der Waals surface area contributed by atoms with Crippen LogP contribution in [0.5, 0.6) is 0 Å². The first kappa shape index (κ1) is 9.40. The van der Waals surface area contributed by atoms with Crippen molar-refractivity contribution in [2.45, 2.75) is 0 Å². The maximum atomic E-state index is 12.8. The lowest BCUT2D eigenvalue weighted by molar-refractivity contribution is 0.233. The van der Waals surface area contributed by atoms with Gasteiger partial charge >= 0.3 is 0 Å². The summed E-state index contributed by atoms with van der Waals surface area (Å²) in [6.45, 7) is 0. The van der Waals surface area contributed by atoms with Crippen LogP contribution in [-0.4, -0.2) is 11.2 Å². The highest BCUT2D eigenvalue weighted by atomic mass is 19.1. The number of aliphatic imine (C=N–C) groups is 1. The van der Waals surface area contributed by atoms with Crippen LogP contribution in [0.4, 0.5) is 14.5 Å². The molecule has 0 bridgehead atoms. The fourth-order valence-corrected chi connectivity index (χ4v) is 0.741. The molecule has 0 atom stereocenters. The summed E-state index contributed by atoms with van der Waals surface area (Å²) in [4.78, 5) is 3.26. The third-order valence-electron chi connectivity index (χ3n) is 1.28. The first-order valence-electron chi connectivity index (χ1n) is 3.33. The molecule has 0 amide bonds. The van der Waals surface area contributed by atoms with Crippen LogP contribution in [-0.2, 0) is 0 Å². The topological polar surface area (TPSA) is 70.6 Å². The van der Waals surface area contributed by atoms with Crippen molar-refractivity contribution in [3.05, 3.63) is 29.8 Å². The van der Waals surface area contributed by atoms with Crippen molar-refractivity contribution in [3.8, 4) is 0 Å². The molecule has 13 heavy (non-hydrogen) atoms. The maximum absolute atomic E-state index is 12.8. The van der Waals surface area contributed by atoms with Crippen molar-refractivity contribution in [1.82, 2.24) is 5.48 Å². The Morgan fingerprint density at radius 2 is 1.92 bits per heavy atom. The maximum Gasteiger partial charge on any atom is 0.218 e. The minimum absolute atomic E-state index is 0.482. The largest absolute Gasteiger partial charge is 0.368 e. The number of hydroxylamine groups is 1. The van der Waals surface area contributed by atoms with Gasteiger partial charge in [-0.15, -0.1) is 0 Å². The zero-order valence-electron chi connectivity index (χ0n) is 6.46. The van der Waals surface area contributed by atoms with Gasteiger partial charge in [-0.3, -0.25) is 5.21 Å². The van der Waals surface area contributed by atoms with E-state index in [1.807, 2.05) is 0 Å². The smallest absolute Gasteiger partial charge is 0.218 e. The summed E-state index contributed by atoms with van der Waals surface area (Å²) in [7, 11) is 0. The van der Waals surface area contributed by atoms with Gasteiger partial charge in [-0.05, 0) is 12.1 Å². The Labute approximate surface area is 72.7 Å². The standard InChI is InChI=1S/C7H7F2N3O/c8-4-2-1-3-5(9)6(4)11-7(10)12-13/h1-3,13H,(H3,10,11,12). The Morgan fingerprint density at radius 1 is 1.38 bits per heavy atom. The van der Waals surface area contributed by atoms with Crippen molar-refractivity contribution in [3.63, 3.8) is 0 Å².